The molecule has 1 aliphatic heterocycles. The molecule has 0 aromatic heterocycles. The van der Waals surface area contributed by atoms with Gasteiger partial charge in [0.25, 0.3) is 10.0 Å². The molecule has 0 saturated carbocycles. The van der Waals surface area contributed by atoms with Crippen molar-refractivity contribution in [1.29, 1.82) is 0 Å². The first-order valence-electron chi connectivity index (χ1n) is 8.41. The average molecular weight is 419 g/mol. The van der Waals surface area contributed by atoms with E-state index in [9.17, 15) is 21.6 Å². The Morgan fingerprint density at radius 3 is 2.19 bits per heavy atom. The molecule has 27 heavy (non-hydrogen) atoms. The van der Waals surface area contributed by atoms with Crippen LogP contribution in [0.1, 0.15) is 24.8 Å². The zero-order valence-corrected chi connectivity index (χ0v) is 15.8. The molecule has 146 valence electrons. The molecule has 0 spiro atoms. The van der Waals surface area contributed by atoms with Crippen LogP contribution in [0.4, 0.5) is 24.5 Å². The molecule has 4 nitrogen and oxygen atoms in total. The maximum atomic E-state index is 13.1. The van der Waals surface area contributed by atoms with Crippen molar-refractivity contribution in [2.45, 2.75) is 30.3 Å². The first kappa shape index (κ1) is 19.8. The molecule has 1 fully saturated rings. The number of sulfonamides is 1. The lowest BCUT2D eigenvalue weighted by molar-refractivity contribution is -0.137. The molecule has 2 aromatic carbocycles. The summed E-state index contributed by atoms with van der Waals surface area (Å²) in [5.41, 5.74) is -0.543. The van der Waals surface area contributed by atoms with E-state index in [1.54, 1.807) is 0 Å². The van der Waals surface area contributed by atoms with Crippen LogP contribution in [-0.4, -0.2) is 21.5 Å². The Morgan fingerprint density at radius 2 is 1.59 bits per heavy atom. The number of nitrogens with one attached hydrogen (secondary N) is 1. The molecule has 1 N–H and O–H groups in total. The van der Waals surface area contributed by atoms with Gasteiger partial charge in [-0.3, -0.25) is 4.72 Å². The van der Waals surface area contributed by atoms with Gasteiger partial charge in [0.05, 0.1) is 21.8 Å². The van der Waals surface area contributed by atoms with Gasteiger partial charge < -0.3 is 4.90 Å². The Kier molecular flexibility index (Phi) is 5.58. The molecule has 0 amide bonds. The third-order valence-corrected chi connectivity index (χ3v) is 6.02. The van der Waals surface area contributed by atoms with Crippen molar-refractivity contribution in [3.63, 3.8) is 0 Å². The van der Waals surface area contributed by atoms with Crippen LogP contribution in [0.2, 0.25) is 5.02 Å². The van der Waals surface area contributed by atoms with Gasteiger partial charge in [0, 0.05) is 18.1 Å². The summed E-state index contributed by atoms with van der Waals surface area (Å²) in [4.78, 5) is 1.83. The number of benzene rings is 2. The Bertz CT molecular complexity index is 909. The highest BCUT2D eigenvalue weighted by Gasteiger charge is 2.32. The molecule has 2 aromatic rings. The topological polar surface area (TPSA) is 49.4 Å². The van der Waals surface area contributed by atoms with E-state index in [0.29, 0.717) is 23.8 Å². The van der Waals surface area contributed by atoms with E-state index < -0.39 is 21.8 Å². The molecule has 0 radical (unpaired) electrons. The fourth-order valence-electron chi connectivity index (χ4n) is 3.02. The minimum absolute atomic E-state index is 0.0751. The Labute approximate surface area is 161 Å². The average Bonchev–Trinajstić information content (AvgIpc) is 2.62. The quantitative estimate of drug-likeness (QED) is 0.747. The van der Waals surface area contributed by atoms with Crippen LogP contribution in [0.25, 0.3) is 0 Å². The fraction of sp³-hybridized carbons (Fsp3) is 0.333. The van der Waals surface area contributed by atoms with Crippen LogP contribution in [0.15, 0.2) is 47.4 Å². The van der Waals surface area contributed by atoms with E-state index in [2.05, 4.69) is 4.72 Å². The predicted molar refractivity (Wildman–Crippen MR) is 99.8 cm³/mol. The van der Waals surface area contributed by atoms with Gasteiger partial charge in [0.15, 0.2) is 0 Å². The Balaban J connectivity index is 2.01. The molecule has 0 bridgehead atoms. The highest BCUT2D eigenvalue weighted by atomic mass is 35.5. The largest absolute Gasteiger partial charge is 0.416 e. The molecule has 0 aliphatic carbocycles. The van der Waals surface area contributed by atoms with Crippen LogP contribution in [0.3, 0.4) is 0 Å². The third kappa shape index (κ3) is 4.68. The first-order chi connectivity index (χ1) is 12.7. The number of piperidine rings is 1. The number of hydrogen-bond donors (Lipinski definition) is 1. The number of rotatable bonds is 4. The van der Waals surface area contributed by atoms with Crippen molar-refractivity contribution >= 4 is 33.0 Å². The fourth-order valence-corrected chi connectivity index (χ4v) is 4.21. The van der Waals surface area contributed by atoms with E-state index in [4.69, 9.17) is 11.6 Å². The van der Waals surface area contributed by atoms with Crippen LogP contribution < -0.4 is 9.62 Å². The van der Waals surface area contributed by atoms with Crippen molar-refractivity contribution in [3.8, 4) is 0 Å². The SMILES string of the molecule is O=S(=O)(Nc1cc(C(F)(F)F)ccc1N1CCCCC1)c1ccc(Cl)cc1. The summed E-state index contributed by atoms with van der Waals surface area (Å²) in [5, 5.41) is 0.363. The van der Waals surface area contributed by atoms with Gasteiger partial charge in [-0.2, -0.15) is 13.2 Å². The molecule has 1 heterocycles. The smallest absolute Gasteiger partial charge is 0.370 e. The highest BCUT2D eigenvalue weighted by molar-refractivity contribution is 7.92. The van der Waals surface area contributed by atoms with Crippen molar-refractivity contribution in [1.82, 2.24) is 0 Å². The summed E-state index contributed by atoms with van der Waals surface area (Å²) in [6.07, 6.45) is -1.71. The van der Waals surface area contributed by atoms with E-state index >= 15 is 0 Å². The number of anilines is 2. The summed E-state index contributed by atoms with van der Waals surface area (Å²) in [6.45, 7) is 1.34. The normalized spacial score (nSPS) is 15.6. The van der Waals surface area contributed by atoms with Gasteiger partial charge in [-0.05, 0) is 61.7 Å². The lowest BCUT2D eigenvalue weighted by Gasteiger charge is -2.31. The summed E-state index contributed by atoms with van der Waals surface area (Å²) in [6, 6.07) is 8.58. The maximum absolute atomic E-state index is 13.1. The van der Waals surface area contributed by atoms with Crippen LogP contribution in [0.5, 0.6) is 0 Å². The van der Waals surface area contributed by atoms with E-state index in [1.165, 1.54) is 30.3 Å². The number of alkyl halides is 3. The second kappa shape index (κ2) is 7.59. The number of hydrogen-bond acceptors (Lipinski definition) is 3. The monoisotopic (exact) mass is 418 g/mol. The van der Waals surface area contributed by atoms with Gasteiger partial charge in [-0.15, -0.1) is 0 Å². The van der Waals surface area contributed by atoms with Crippen LogP contribution in [0, 0.1) is 0 Å². The zero-order valence-electron chi connectivity index (χ0n) is 14.3. The standard InChI is InChI=1S/C18H18ClF3N2O2S/c19-14-5-7-15(8-6-14)27(25,26)23-16-12-13(18(20,21)22)4-9-17(16)24-10-2-1-3-11-24/h4-9,12,23H,1-3,10-11H2. The summed E-state index contributed by atoms with van der Waals surface area (Å²) in [5.74, 6) is 0. The van der Waals surface area contributed by atoms with Gasteiger partial charge in [-0.1, -0.05) is 11.6 Å². The molecule has 1 aliphatic rings. The van der Waals surface area contributed by atoms with Crippen molar-refractivity contribution < 1.29 is 21.6 Å². The van der Waals surface area contributed by atoms with Gasteiger partial charge in [0.2, 0.25) is 0 Å². The van der Waals surface area contributed by atoms with Gasteiger partial charge in [0.1, 0.15) is 0 Å². The van der Waals surface area contributed by atoms with Crippen molar-refractivity contribution in [2.24, 2.45) is 0 Å². The summed E-state index contributed by atoms with van der Waals surface area (Å²) >= 11 is 5.77. The number of halogens is 4. The van der Waals surface area contributed by atoms with Crippen molar-refractivity contribution in [3.05, 3.63) is 53.1 Å². The molecule has 9 heteroatoms. The second-order valence-corrected chi connectivity index (χ2v) is 8.46. The van der Waals surface area contributed by atoms with Gasteiger partial charge in [-0.25, -0.2) is 8.42 Å². The summed E-state index contributed by atoms with van der Waals surface area (Å²) in [7, 11) is -4.06. The lowest BCUT2D eigenvalue weighted by Crippen LogP contribution is -2.30. The van der Waals surface area contributed by atoms with E-state index in [0.717, 1.165) is 31.4 Å². The van der Waals surface area contributed by atoms with E-state index in [-0.39, 0.29) is 10.6 Å². The number of nitrogens with zero attached hydrogens (tertiary/aromatic N) is 1. The molecule has 0 unspecified atom stereocenters. The first-order valence-corrected chi connectivity index (χ1v) is 10.3. The van der Waals surface area contributed by atoms with E-state index in [1.807, 2.05) is 4.90 Å². The minimum atomic E-state index is -4.57. The molecule has 1 saturated heterocycles. The van der Waals surface area contributed by atoms with Crippen molar-refractivity contribution in [2.75, 3.05) is 22.7 Å². The molecule has 3 rings (SSSR count). The van der Waals surface area contributed by atoms with Gasteiger partial charge >= 0.3 is 6.18 Å². The minimum Gasteiger partial charge on any atom is -0.370 e. The van der Waals surface area contributed by atoms with Crippen LogP contribution in [-0.2, 0) is 16.2 Å². The second-order valence-electron chi connectivity index (χ2n) is 6.34. The molecule has 0 atom stereocenters. The Hall–Kier alpha value is -1.93. The molecular formula is C18H18ClF3N2O2S. The predicted octanol–water partition coefficient (Wildman–Crippen LogP) is 5.15. The third-order valence-electron chi connectivity index (χ3n) is 4.39. The molecular weight excluding hydrogens is 401 g/mol. The van der Waals surface area contributed by atoms with Crippen LogP contribution >= 0.6 is 11.6 Å². The lowest BCUT2D eigenvalue weighted by atomic mass is 10.1. The Morgan fingerprint density at radius 1 is 0.963 bits per heavy atom. The maximum Gasteiger partial charge on any atom is 0.416 e. The highest BCUT2D eigenvalue weighted by Crippen LogP contribution is 2.37. The summed E-state index contributed by atoms with van der Waals surface area (Å²) < 4.78 is 67.0. The zero-order chi connectivity index (χ0) is 19.7.